The van der Waals surface area contributed by atoms with Crippen molar-refractivity contribution in [2.45, 2.75) is 31.9 Å². The van der Waals surface area contributed by atoms with Gasteiger partial charge in [0, 0.05) is 30.1 Å². The zero-order valence-corrected chi connectivity index (χ0v) is 13.5. The summed E-state index contributed by atoms with van der Waals surface area (Å²) in [7, 11) is 1.58. The van der Waals surface area contributed by atoms with Crippen LogP contribution in [0, 0.1) is 0 Å². The van der Waals surface area contributed by atoms with Gasteiger partial charge in [0.25, 0.3) is 0 Å². The lowest BCUT2D eigenvalue weighted by Crippen LogP contribution is -2.44. The molecule has 0 radical (unpaired) electrons. The molecular formula is C13H23N5OS. The second-order valence-corrected chi connectivity index (χ2v) is 7.20. The SMILES string of the molecule is CCCNc1nc(OC)nc(N2CCSC(C)(C)C2)n1. The second-order valence-electron chi connectivity index (χ2n) is 5.40. The Hall–Kier alpha value is -1.24. The number of nitrogens with zero attached hydrogens (tertiary/aromatic N) is 4. The van der Waals surface area contributed by atoms with Crippen LogP contribution in [0.5, 0.6) is 6.01 Å². The molecule has 0 amide bonds. The van der Waals surface area contributed by atoms with Gasteiger partial charge in [0.1, 0.15) is 0 Å². The molecular weight excluding hydrogens is 274 g/mol. The highest BCUT2D eigenvalue weighted by Crippen LogP contribution is 2.31. The van der Waals surface area contributed by atoms with Gasteiger partial charge in [-0.2, -0.15) is 26.7 Å². The monoisotopic (exact) mass is 297 g/mol. The lowest BCUT2D eigenvalue weighted by molar-refractivity contribution is 0.378. The summed E-state index contributed by atoms with van der Waals surface area (Å²) in [6.07, 6.45) is 1.02. The zero-order chi connectivity index (χ0) is 14.6. The van der Waals surface area contributed by atoms with Crippen LogP contribution in [0.3, 0.4) is 0 Å². The third-order valence-corrected chi connectivity index (χ3v) is 4.32. The van der Waals surface area contributed by atoms with Crippen molar-refractivity contribution in [2.75, 3.05) is 42.7 Å². The predicted molar refractivity (Wildman–Crippen MR) is 83.9 cm³/mol. The van der Waals surface area contributed by atoms with Crippen molar-refractivity contribution >= 4 is 23.7 Å². The van der Waals surface area contributed by atoms with Crippen molar-refractivity contribution in [3.8, 4) is 6.01 Å². The Kier molecular flexibility index (Phi) is 4.91. The first-order valence-electron chi connectivity index (χ1n) is 6.97. The lowest BCUT2D eigenvalue weighted by Gasteiger charge is -2.37. The Labute approximate surface area is 124 Å². The summed E-state index contributed by atoms with van der Waals surface area (Å²) in [4.78, 5) is 15.3. The lowest BCUT2D eigenvalue weighted by atomic mass is 10.2. The summed E-state index contributed by atoms with van der Waals surface area (Å²) in [5, 5.41) is 3.20. The molecule has 1 saturated heterocycles. The van der Waals surface area contributed by atoms with Crippen LogP contribution in [0.4, 0.5) is 11.9 Å². The van der Waals surface area contributed by atoms with Crippen LogP contribution in [0.2, 0.25) is 0 Å². The third-order valence-electron chi connectivity index (χ3n) is 3.03. The highest BCUT2D eigenvalue weighted by atomic mass is 32.2. The summed E-state index contributed by atoms with van der Waals surface area (Å²) in [5.41, 5.74) is 0. The number of hydrogen-bond acceptors (Lipinski definition) is 7. The average Bonchev–Trinajstić information content (AvgIpc) is 2.43. The molecule has 0 spiro atoms. The van der Waals surface area contributed by atoms with Crippen LogP contribution in [-0.2, 0) is 0 Å². The normalized spacial score (nSPS) is 17.9. The molecule has 0 aromatic carbocycles. The van der Waals surface area contributed by atoms with Gasteiger partial charge >= 0.3 is 6.01 Å². The Morgan fingerprint density at radius 3 is 2.80 bits per heavy atom. The van der Waals surface area contributed by atoms with E-state index in [1.807, 2.05) is 11.8 Å². The van der Waals surface area contributed by atoms with Crippen molar-refractivity contribution in [3.05, 3.63) is 0 Å². The van der Waals surface area contributed by atoms with E-state index in [-0.39, 0.29) is 4.75 Å². The van der Waals surface area contributed by atoms with Gasteiger partial charge in [0.2, 0.25) is 11.9 Å². The highest BCUT2D eigenvalue weighted by molar-refractivity contribution is 8.00. The van der Waals surface area contributed by atoms with Crippen molar-refractivity contribution in [2.24, 2.45) is 0 Å². The van der Waals surface area contributed by atoms with E-state index in [2.05, 4.69) is 45.9 Å². The fourth-order valence-corrected chi connectivity index (χ4v) is 3.19. The van der Waals surface area contributed by atoms with Crippen LogP contribution in [0.15, 0.2) is 0 Å². The maximum absolute atomic E-state index is 5.18. The topological polar surface area (TPSA) is 63.2 Å². The Bertz CT molecular complexity index is 454. The molecule has 1 aliphatic rings. The van der Waals surface area contributed by atoms with E-state index in [1.165, 1.54) is 0 Å². The summed E-state index contributed by atoms with van der Waals surface area (Å²) in [6, 6.07) is 0.365. The zero-order valence-electron chi connectivity index (χ0n) is 12.6. The summed E-state index contributed by atoms with van der Waals surface area (Å²) >= 11 is 1.99. The molecule has 2 heterocycles. The summed E-state index contributed by atoms with van der Waals surface area (Å²) in [5.74, 6) is 2.37. The molecule has 1 aromatic rings. The number of ether oxygens (including phenoxy) is 1. The van der Waals surface area contributed by atoms with Gasteiger partial charge in [0.05, 0.1) is 7.11 Å². The van der Waals surface area contributed by atoms with Crippen LogP contribution in [-0.4, -0.2) is 52.2 Å². The van der Waals surface area contributed by atoms with E-state index in [0.717, 1.165) is 31.8 Å². The molecule has 1 aliphatic heterocycles. The minimum atomic E-state index is 0.217. The molecule has 20 heavy (non-hydrogen) atoms. The van der Waals surface area contributed by atoms with E-state index in [1.54, 1.807) is 7.11 Å². The molecule has 1 fully saturated rings. The second kappa shape index (κ2) is 6.47. The summed E-state index contributed by atoms with van der Waals surface area (Å²) in [6.45, 7) is 9.33. The predicted octanol–water partition coefficient (Wildman–Crippen LogP) is 2.03. The standard InChI is InChI=1S/C13H23N5OS/c1-5-6-14-10-15-11(17-12(16-10)19-4)18-7-8-20-13(2,3)9-18/h5-9H2,1-4H3,(H,14,15,16,17). The summed E-state index contributed by atoms with van der Waals surface area (Å²) < 4.78 is 5.40. The fraction of sp³-hybridized carbons (Fsp3) is 0.769. The van der Waals surface area contributed by atoms with E-state index in [9.17, 15) is 0 Å². The Morgan fingerprint density at radius 2 is 2.15 bits per heavy atom. The van der Waals surface area contributed by atoms with Crippen LogP contribution in [0.25, 0.3) is 0 Å². The van der Waals surface area contributed by atoms with Crippen molar-refractivity contribution in [1.29, 1.82) is 0 Å². The number of rotatable bonds is 5. The smallest absolute Gasteiger partial charge is 0.322 e. The quantitative estimate of drug-likeness (QED) is 0.892. The minimum absolute atomic E-state index is 0.217. The number of thioether (sulfide) groups is 1. The van der Waals surface area contributed by atoms with Crippen molar-refractivity contribution < 1.29 is 4.74 Å². The molecule has 2 rings (SSSR count). The van der Waals surface area contributed by atoms with E-state index >= 15 is 0 Å². The van der Waals surface area contributed by atoms with Crippen LogP contribution in [0.1, 0.15) is 27.2 Å². The number of aromatic nitrogens is 3. The van der Waals surface area contributed by atoms with E-state index in [0.29, 0.717) is 17.9 Å². The van der Waals surface area contributed by atoms with E-state index in [4.69, 9.17) is 4.74 Å². The highest BCUT2D eigenvalue weighted by Gasteiger charge is 2.29. The molecule has 1 N–H and O–H groups in total. The fourth-order valence-electron chi connectivity index (χ4n) is 2.08. The number of nitrogens with one attached hydrogen (secondary N) is 1. The largest absolute Gasteiger partial charge is 0.467 e. The van der Waals surface area contributed by atoms with Crippen molar-refractivity contribution in [1.82, 2.24) is 15.0 Å². The number of hydrogen-bond donors (Lipinski definition) is 1. The number of methoxy groups -OCH3 is 1. The Morgan fingerprint density at radius 1 is 1.35 bits per heavy atom. The molecule has 0 unspecified atom stereocenters. The van der Waals surface area contributed by atoms with Gasteiger partial charge in [-0.25, -0.2) is 0 Å². The molecule has 0 bridgehead atoms. The van der Waals surface area contributed by atoms with Gasteiger partial charge in [-0.3, -0.25) is 0 Å². The molecule has 7 heteroatoms. The van der Waals surface area contributed by atoms with Gasteiger partial charge in [0.15, 0.2) is 0 Å². The van der Waals surface area contributed by atoms with Crippen LogP contribution >= 0.6 is 11.8 Å². The van der Waals surface area contributed by atoms with Crippen LogP contribution < -0.4 is 15.0 Å². The first kappa shape index (κ1) is 15.2. The maximum atomic E-state index is 5.18. The maximum Gasteiger partial charge on any atom is 0.322 e. The third kappa shape index (κ3) is 3.88. The molecule has 0 saturated carbocycles. The Balaban J connectivity index is 2.21. The van der Waals surface area contributed by atoms with E-state index < -0.39 is 0 Å². The first-order valence-corrected chi connectivity index (χ1v) is 7.95. The van der Waals surface area contributed by atoms with Gasteiger partial charge in [-0.15, -0.1) is 0 Å². The van der Waals surface area contributed by atoms with Crippen molar-refractivity contribution in [3.63, 3.8) is 0 Å². The molecule has 0 atom stereocenters. The van der Waals surface area contributed by atoms with Gasteiger partial charge in [-0.1, -0.05) is 6.92 Å². The first-order chi connectivity index (χ1) is 9.54. The molecule has 0 aliphatic carbocycles. The van der Waals surface area contributed by atoms with Gasteiger partial charge in [-0.05, 0) is 20.3 Å². The average molecular weight is 297 g/mol. The van der Waals surface area contributed by atoms with Gasteiger partial charge < -0.3 is 15.0 Å². The molecule has 6 nitrogen and oxygen atoms in total. The molecule has 112 valence electrons. The molecule has 1 aromatic heterocycles. The number of anilines is 2. The minimum Gasteiger partial charge on any atom is -0.467 e.